The molecule has 8 heteroatoms. The summed E-state index contributed by atoms with van der Waals surface area (Å²) in [4.78, 5) is 23.6. The molecule has 0 atom stereocenters. The molecule has 1 aromatic carbocycles. The number of amides is 2. The summed E-state index contributed by atoms with van der Waals surface area (Å²) in [6, 6.07) is 14.9. The van der Waals surface area contributed by atoms with Gasteiger partial charge in [0.1, 0.15) is 0 Å². The van der Waals surface area contributed by atoms with E-state index in [-0.39, 0.29) is 18.2 Å². The van der Waals surface area contributed by atoms with Gasteiger partial charge in [0.2, 0.25) is 5.91 Å². The van der Waals surface area contributed by atoms with E-state index in [0.717, 1.165) is 11.4 Å². The van der Waals surface area contributed by atoms with E-state index in [9.17, 15) is 9.59 Å². The maximum Gasteiger partial charge on any atom is 0.287 e. The lowest BCUT2D eigenvalue weighted by Gasteiger charge is -2.05. The molecule has 0 aliphatic rings. The van der Waals surface area contributed by atoms with E-state index >= 15 is 0 Å². The molecule has 3 aromatic rings. The average Bonchev–Trinajstić information content (AvgIpc) is 3.30. The van der Waals surface area contributed by atoms with E-state index < -0.39 is 5.91 Å². The Morgan fingerprint density at radius 1 is 1.08 bits per heavy atom. The smallest absolute Gasteiger partial charge is 0.287 e. The average molecular weight is 417 g/mol. The number of hydrogen-bond donors (Lipinski definition) is 2. The zero-order valence-electron chi connectivity index (χ0n) is 13.8. The molecule has 0 unspecified atom stereocenters. The Kier molecular flexibility index (Phi) is 5.85. The highest BCUT2D eigenvalue weighted by atomic mass is 79.9. The Labute approximate surface area is 158 Å². The van der Waals surface area contributed by atoms with Gasteiger partial charge in [0.15, 0.2) is 10.4 Å². The van der Waals surface area contributed by atoms with Crippen molar-refractivity contribution in [2.45, 2.75) is 6.42 Å². The molecule has 7 nitrogen and oxygen atoms in total. The van der Waals surface area contributed by atoms with Crippen molar-refractivity contribution in [2.75, 3.05) is 13.1 Å². The molecule has 2 aromatic heterocycles. The standard InChI is InChI=1S/C18H17BrN4O3/c19-16-7-6-15(26-16)18(25)21-12-17(24)20-10-8-13-9-11-23(22-13)14-4-2-1-3-5-14/h1-7,9,11H,8,10,12H2,(H,20,24)(H,21,25). The van der Waals surface area contributed by atoms with Crippen LogP contribution in [-0.4, -0.2) is 34.7 Å². The summed E-state index contributed by atoms with van der Waals surface area (Å²) in [6.45, 7) is 0.322. The van der Waals surface area contributed by atoms with E-state index in [1.165, 1.54) is 6.07 Å². The van der Waals surface area contributed by atoms with Gasteiger partial charge in [-0.05, 0) is 46.3 Å². The molecular formula is C18H17BrN4O3. The number of furan rings is 1. The molecule has 0 spiro atoms. The van der Waals surface area contributed by atoms with Crippen molar-refractivity contribution in [3.63, 3.8) is 0 Å². The Balaban J connectivity index is 1.40. The molecule has 134 valence electrons. The molecule has 0 bridgehead atoms. The quantitative estimate of drug-likeness (QED) is 0.618. The molecule has 0 radical (unpaired) electrons. The van der Waals surface area contributed by atoms with Crippen molar-refractivity contribution in [1.82, 2.24) is 20.4 Å². The zero-order valence-corrected chi connectivity index (χ0v) is 15.4. The molecule has 2 N–H and O–H groups in total. The van der Waals surface area contributed by atoms with Crippen molar-refractivity contribution in [3.8, 4) is 5.69 Å². The van der Waals surface area contributed by atoms with Gasteiger partial charge in [-0.1, -0.05) is 18.2 Å². The number of aromatic nitrogens is 2. The van der Waals surface area contributed by atoms with Crippen LogP contribution in [0.3, 0.4) is 0 Å². The predicted molar refractivity (Wildman–Crippen MR) is 99.0 cm³/mol. The highest BCUT2D eigenvalue weighted by molar-refractivity contribution is 9.10. The third kappa shape index (κ3) is 4.82. The fourth-order valence-corrected chi connectivity index (χ4v) is 2.60. The normalized spacial score (nSPS) is 10.5. The highest BCUT2D eigenvalue weighted by Gasteiger charge is 2.11. The number of nitrogens with zero attached hydrogens (tertiary/aromatic N) is 2. The van der Waals surface area contributed by atoms with Gasteiger partial charge in [0.05, 0.1) is 17.9 Å². The third-order valence-corrected chi connectivity index (χ3v) is 4.00. The molecule has 0 fully saturated rings. The van der Waals surface area contributed by atoms with Crippen LogP contribution < -0.4 is 10.6 Å². The van der Waals surface area contributed by atoms with Gasteiger partial charge in [0, 0.05) is 19.2 Å². The van der Waals surface area contributed by atoms with Crippen LogP contribution in [-0.2, 0) is 11.2 Å². The summed E-state index contributed by atoms with van der Waals surface area (Å²) < 4.78 is 7.37. The zero-order chi connectivity index (χ0) is 18.4. The van der Waals surface area contributed by atoms with Crippen LogP contribution in [0.5, 0.6) is 0 Å². The van der Waals surface area contributed by atoms with E-state index in [1.54, 1.807) is 10.7 Å². The molecule has 2 amide bonds. The van der Waals surface area contributed by atoms with Gasteiger partial charge in [-0.15, -0.1) is 0 Å². The first-order chi connectivity index (χ1) is 12.6. The minimum absolute atomic E-state index is 0.115. The fourth-order valence-electron chi connectivity index (χ4n) is 2.30. The van der Waals surface area contributed by atoms with Crippen LogP contribution in [0, 0.1) is 0 Å². The summed E-state index contributed by atoms with van der Waals surface area (Å²) in [5, 5.41) is 9.72. The molecule has 0 saturated carbocycles. The number of halogens is 1. The molecular weight excluding hydrogens is 400 g/mol. The van der Waals surface area contributed by atoms with Crippen molar-refractivity contribution in [1.29, 1.82) is 0 Å². The first kappa shape index (κ1) is 17.9. The summed E-state index contributed by atoms with van der Waals surface area (Å²) in [7, 11) is 0. The topological polar surface area (TPSA) is 89.2 Å². The molecule has 0 aliphatic heterocycles. The number of para-hydroxylation sites is 1. The SMILES string of the molecule is O=C(CNC(=O)c1ccc(Br)o1)NCCc1ccn(-c2ccccc2)n1. The van der Waals surface area contributed by atoms with E-state index in [1.807, 2.05) is 42.6 Å². The first-order valence-electron chi connectivity index (χ1n) is 8.02. The van der Waals surface area contributed by atoms with Crippen molar-refractivity contribution < 1.29 is 14.0 Å². The molecule has 26 heavy (non-hydrogen) atoms. The molecule has 2 heterocycles. The number of carbonyl (C=O) groups is 2. The predicted octanol–water partition coefficient (Wildman–Crippen LogP) is 2.32. The summed E-state index contributed by atoms with van der Waals surface area (Å²) in [5.41, 5.74) is 1.86. The van der Waals surface area contributed by atoms with E-state index in [2.05, 4.69) is 31.7 Å². The Morgan fingerprint density at radius 2 is 1.88 bits per heavy atom. The maximum absolute atomic E-state index is 11.8. The second-order valence-corrected chi connectivity index (χ2v) is 6.26. The largest absolute Gasteiger partial charge is 0.444 e. The lowest BCUT2D eigenvalue weighted by molar-refractivity contribution is -0.120. The van der Waals surface area contributed by atoms with Gasteiger partial charge in [-0.3, -0.25) is 9.59 Å². The van der Waals surface area contributed by atoms with E-state index in [0.29, 0.717) is 17.6 Å². The lowest BCUT2D eigenvalue weighted by atomic mass is 10.3. The van der Waals surface area contributed by atoms with Crippen LogP contribution in [0.15, 0.2) is 63.8 Å². The molecule has 0 saturated heterocycles. The number of hydrogen-bond acceptors (Lipinski definition) is 4. The van der Waals surface area contributed by atoms with E-state index in [4.69, 9.17) is 4.42 Å². The van der Waals surface area contributed by atoms with Crippen LogP contribution in [0.4, 0.5) is 0 Å². The minimum atomic E-state index is -0.438. The first-order valence-corrected chi connectivity index (χ1v) is 8.81. The monoisotopic (exact) mass is 416 g/mol. The summed E-state index contributed by atoms with van der Waals surface area (Å²) in [6.07, 6.45) is 2.48. The van der Waals surface area contributed by atoms with Crippen LogP contribution in [0.2, 0.25) is 0 Å². The van der Waals surface area contributed by atoms with Gasteiger partial charge in [-0.25, -0.2) is 4.68 Å². The highest BCUT2D eigenvalue weighted by Crippen LogP contribution is 2.13. The molecule has 0 aliphatic carbocycles. The van der Waals surface area contributed by atoms with Gasteiger partial charge >= 0.3 is 0 Å². The Morgan fingerprint density at radius 3 is 2.62 bits per heavy atom. The summed E-state index contributed by atoms with van der Waals surface area (Å²) >= 11 is 3.12. The van der Waals surface area contributed by atoms with Crippen LogP contribution >= 0.6 is 15.9 Å². The Bertz CT molecular complexity index is 889. The number of nitrogens with one attached hydrogen (secondary N) is 2. The van der Waals surface area contributed by atoms with Crippen molar-refractivity contribution in [2.24, 2.45) is 0 Å². The number of benzene rings is 1. The van der Waals surface area contributed by atoms with Gasteiger partial charge < -0.3 is 15.1 Å². The van der Waals surface area contributed by atoms with Crippen molar-refractivity contribution in [3.05, 3.63) is 70.9 Å². The number of rotatable bonds is 7. The van der Waals surface area contributed by atoms with Gasteiger partial charge in [-0.2, -0.15) is 5.10 Å². The van der Waals surface area contributed by atoms with Gasteiger partial charge in [0.25, 0.3) is 5.91 Å². The second kappa shape index (κ2) is 8.48. The Hall–Kier alpha value is -2.87. The van der Waals surface area contributed by atoms with Crippen LogP contribution in [0.25, 0.3) is 5.69 Å². The maximum atomic E-state index is 11.8. The molecule has 3 rings (SSSR count). The fraction of sp³-hybridized carbons (Fsp3) is 0.167. The van der Waals surface area contributed by atoms with Crippen molar-refractivity contribution >= 4 is 27.7 Å². The second-order valence-electron chi connectivity index (χ2n) is 5.47. The third-order valence-electron chi connectivity index (χ3n) is 3.57. The lowest BCUT2D eigenvalue weighted by Crippen LogP contribution is -2.37. The summed E-state index contributed by atoms with van der Waals surface area (Å²) in [5.74, 6) is -0.560. The van der Waals surface area contributed by atoms with Crippen LogP contribution in [0.1, 0.15) is 16.2 Å². The number of carbonyl (C=O) groups excluding carboxylic acids is 2. The minimum Gasteiger partial charge on any atom is -0.444 e.